The minimum Gasteiger partial charge on any atom is -0.399 e. The molecule has 0 fully saturated rings. The number of hydrogen-bond donors (Lipinski definition) is 3. The van der Waals surface area contributed by atoms with E-state index < -0.39 is 0 Å². The van der Waals surface area contributed by atoms with E-state index >= 15 is 0 Å². The zero-order chi connectivity index (χ0) is 20.2. The van der Waals surface area contributed by atoms with E-state index in [0.29, 0.717) is 6.42 Å². The second-order valence-electron chi connectivity index (χ2n) is 6.87. The van der Waals surface area contributed by atoms with Crippen LogP contribution in [0.3, 0.4) is 0 Å². The first kappa shape index (κ1) is 19.0. The van der Waals surface area contributed by atoms with Crippen molar-refractivity contribution in [3.8, 4) is 10.6 Å². The standard InChI is InChI=1S/C22H22N6S/c1-14-9-10-25-21(11-14)28-20-4-2-3-18(27-20)19-13-26-22(29-19)17(24)12-15-5-7-16(23)8-6-15/h2-11,13,17H,12,23-24H2,1H3,(H,25,27,28). The fourth-order valence-electron chi connectivity index (χ4n) is 2.95. The molecule has 0 radical (unpaired) electrons. The van der Waals surface area contributed by atoms with E-state index in [1.165, 1.54) is 0 Å². The third-order valence-electron chi connectivity index (χ3n) is 4.45. The molecule has 0 aliphatic rings. The minimum absolute atomic E-state index is 0.171. The Hall–Kier alpha value is -3.29. The summed E-state index contributed by atoms with van der Waals surface area (Å²) >= 11 is 1.57. The van der Waals surface area contributed by atoms with Gasteiger partial charge in [0.2, 0.25) is 0 Å². The highest BCUT2D eigenvalue weighted by Crippen LogP contribution is 2.29. The molecule has 146 valence electrons. The summed E-state index contributed by atoms with van der Waals surface area (Å²) in [5.41, 5.74) is 16.0. The van der Waals surface area contributed by atoms with Gasteiger partial charge in [-0.15, -0.1) is 11.3 Å². The number of anilines is 3. The maximum absolute atomic E-state index is 6.38. The van der Waals surface area contributed by atoms with Crippen LogP contribution in [0.4, 0.5) is 17.3 Å². The molecule has 3 aromatic heterocycles. The van der Waals surface area contributed by atoms with Gasteiger partial charge in [-0.3, -0.25) is 0 Å². The predicted octanol–water partition coefficient (Wildman–Crippen LogP) is 4.48. The summed E-state index contributed by atoms with van der Waals surface area (Å²) in [4.78, 5) is 14.5. The van der Waals surface area contributed by atoms with Crippen LogP contribution in [0.1, 0.15) is 22.2 Å². The normalized spacial score (nSPS) is 11.9. The highest BCUT2D eigenvalue weighted by atomic mass is 32.1. The Balaban J connectivity index is 1.49. The summed E-state index contributed by atoms with van der Waals surface area (Å²) in [6.07, 6.45) is 4.32. The van der Waals surface area contributed by atoms with E-state index in [4.69, 9.17) is 16.5 Å². The fourth-order valence-corrected chi connectivity index (χ4v) is 3.84. The molecular formula is C22H22N6S. The Kier molecular flexibility index (Phi) is 5.50. The Morgan fingerprint density at radius 1 is 1.03 bits per heavy atom. The first-order valence-electron chi connectivity index (χ1n) is 9.29. The molecule has 0 bridgehead atoms. The molecule has 4 aromatic rings. The first-order chi connectivity index (χ1) is 14.1. The Morgan fingerprint density at radius 3 is 2.66 bits per heavy atom. The third-order valence-corrected chi connectivity index (χ3v) is 5.60. The second kappa shape index (κ2) is 8.38. The van der Waals surface area contributed by atoms with Gasteiger partial charge in [0.15, 0.2) is 0 Å². The molecule has 4 rings (SSSR count). The summed E-state index contributed by atoms with van der Waals surface area (Å²) in [5, 5.41) is 4.14. The molecule has 7 heteroatoms. The van der Waals surface area contributed by atoms with Crippen molar-refractivity contribution in [1.29, 1.82) is 0 Å². The topological polar surface area (TPSA) is 103 Å². The SMILES string of the molecule is Cc1ccnc(Nc2cccc(-c3cnc(C(N)Cc4ccc(N)cc4)s3)n2)c1. The van der Waals surface area contributed by atoms with Crippen LogP contribution in [0.2, 0.25) is 0 Å². The molecule has 3 heterocycles. The molecule has 0 spiro atoms. The predicted molar refractivity (Wildman–Crippen MR) is 119 cm³/mol. The Bertz CT molecular complexity index is 1110. The zero-order valence-electron chi connectivity index (χ0n) is 16.0. The summed E-state index contributed by atoms with van der Waals surface area (Å²) in [7, 11) is 0. The molecule has 0 amide bonds. The minimum atomic E-state index is -0.171. The van der Waals surface area contributed by atoms with Crippen molar-refractivity contribution in [3.05, 3.63) is 83.1 Å². The van der Waals surface area contributed by atoms with E-state index in [-0.39, 0.29) is 6.04 Å². The molecular weight excluding hydrogens is 380 g/mol. The lowest BCUT2D eigenvalue weighted by molar-refractivity contribution is 0.715. The van der Waals surface area contributed by atoms with Gasteiger partial charge in [-0.25, -0.2) is 15.0 Å². The molecule has 0 aliphatic carbocycles. The quantitative estimate of drug-likeness (QED) is 0.411. The van der Waals surface area contributed by atoms with Gasteiger partial charge in [-0.1, -0.05) is 18.2 Å². The van der Waals surface area contributed by atoms with Crippen molar-refractivity contribution < 1.29 is 0 Å². The van der Waals surface area contributed by atoms with Crippen LogP contribution in [0.25, 0.3) is 10.6 Å². The molecule has 29 heavy (non-hydrogen) atoms. The number of nitrogens with zero attached hydrogens (tertiary/aromatic N) is 3. The van der Waals surface area contributed by atoms with E-state index in [1.54, 1.807) is 17.5 Å². The highest BCUT2D eigenvalue weighted by molar-refractivity contribution is 7.15. The molecule has 6 nitrogen and oxygen atoms in total. The van der Waals surface area contributed by atoms with Crippen LogP contribution in [0.15, 0.2) is 67.0 Å². The van der Waals surface area contributed by atoms with Gasteiger partial charge in [0.05, 0.1) is 16.6 Å². The van der Waals surface area contributed by atoms with Crippen molar-refractivity contribution in [2.45, 2.75) is 19.4 Å². The maximum atomic E-state index is 6.38. The van der Waals surface area contributed by atoms with Crippen molar-refractivity contribution in [2.24, 2.45) is 5.73 Å². The Morgan fingerprint density at radius 2 is 1.86 bits per heavy atom. The molecule has 0 aliphatic heterocycles. The molecule has 0 saturated heterocycles. The number of benzene rings is 1. The third kappa shape index (κ3) is 4.77. The van der Waals surface area contributed by atoms with Gasteiger partial charge < -0.3 is 16.8 Å². The highest BCUT2D eigenvalue weighted by Gasteiger charge is 2.14. The number of nitrogen functional groups attached to an aromatic ring is 1. The molecule has 1 aromatic carbocycles. The van der Waals surface area contributed by atoms with E-state index in [2.05, 4.69) is 15.3 Å². The molecule has 1 unspecified atom stereocenters. The fraction of sp³-hybridized carbons (Fsp3) is 0.136. The largest absolute Gasteiger partial charge is 0.399 e. The smallest absolute Gasteiger partial charge is 0.132 e. The number of thiazole rings is 1. The first-order valence-corrected chi connectivity index (χ1v) is 10.1. The number of aromatic nitrogens is 3. The average molecular weight is 403 g/mol. The number of aryl methyl sites for hydroxylation is 1. The van der Waals surface area contributed by atoms with E-state index in [9.17, 15) is 0 Å². The van der Waals surface area contributed by atoms with Gasteiger partial charge in [0, 0.05) is 18.1 Å². The maximum Gasteiger partial charge on any atom is 0.132 e. The number of nitrogens with one attached hydrogen (secondary N) is 1. The van der Waals surface area contributed by atoms with Crippen LogP contribution in [0, 0.1) is 6.92 Å². The van der Waals surface area contributed by atoms with Gasteiger partial charge in [0.25, 0.3) is 0 Å². The van der Waals surface area contributed by atoms with Crippen molar-refractivity contribution >= 4 is 28.7 Å². The van der Waals surface area contributed by atoms with Crippen molar-refractivity contribution in [2.75, 3.05) is 11.1 Å². The molecule has 5 N–H and O–H groups in total. The summed E-state index contributed by atoms with van der Waals surface area (Å²) < 4.78 is 0. The lowest BCUT2D eigenvalue weighted by Gasteiger charge is -2.08. The van der Waals surface area contributed by atoms with Crippen molar-refractivity contribution in [3.63, 3.8) is 0 Å². The summed E-state index contributed by atoms with van der Waals surface area (Å²) in [6, 6.07) is 17.4. The van der Waals surface area contributed by atoms with Gasteiger partial charge in [0.1, 0.15) is 16.6 Å². The van der Waals surface area contributed by atoms with E-state index in [0.717, 1.165) is 44.0 Å². The molecule has 0 saturated carbocycles. The summed E-state index contributed by atoms with van der Waals surface area (Å²) in [6.45, 7) is 2.03. The second-order valence-corrected chi connectivity index (χ2v) is 7.93. The molecule has 1 atom stereocenters. The number of nitrogens with two attached hydrogens (primary N) is 2. The van der Waals surface area contributed by atoms with Gasteiger partial charge in [-0.05, 0) is 60.9 Å². The number of hydrogen-bond acceptors (Lipinski definition) is 7. The lowest BCUT2D eigenvalue weighted by atomic mass is 10.1. The van der Waals surface area contributed by atoms with Crippen LogP contribution in [-0.2, 0) is 6.42 Å². The lowest BCUT2D eigenvalue weighted by Crippen LogP contribution is -2.12. The Labute approximate surface area is 173 Å². The number of pyridine rings is 2. The monoisotopic (exact) mass is 402 g/mol. The number of rotatable bonds is 6. The van der Waals surface area contributed by atoms with Gasteiger partial charge >= 0.3 is 0 Å². The van der Waals surface area contributed by atoms with Crippen molar-refractivity contribution in [1.82, 2.24) is 15.0 Å². The van der Waals surface area contributed by atoms with E-state index in [1.807, 2.05) is 67.7 Å². The van der Waals surface area contributed by atoms with Crippen LogP contribution >= 0.6 is 11.3 Å². The summed E-state index contributed by atoms with van der Waals surface area (Å²) in [5.74, 6) is 1.51. The van der Waals surface area contributed by atoms with Crippen LogP contribution in [0.5, 0.6) is 0 Å². The van der Waals surface area contributed by atoms with Gasteiger partial charge in [-0.2, -0.15) is 0 Å². The van der Waals surface area contributed by atoms with Crippen LogP contribution in [-0.4, -0.2) is 15.0 Å². The zero-order valence-corrected chi connectivity index (χ0v) is 16.9. The van der Waals surface area contributed by atoms with Crippen LogP contribution < -0.4 is 16.8 Å². The average Bonchev–Trinajstić information content (AvgIpc) is 3.20.